The summed E-state index contributed by atoms with van der Waals surface area (Å²) < 4.78 is 16.7. The molecule has 0 spiro atoms. The van der Waals surface area contributed by atoms with Crippen LogP contribution in [0.4, 0.5) is 0 Å². The van der Waals surface area contributed by atoms with Crippen molar-refractivity contribution in [1.82, 2.24) is 0 Å². The first kappa shape index (κ1) is 54.9. The number of hydrogen-bond donors (Lipinski definition) is 0. The molecule has 332 valence electrons. The quantitative estimate of drug-likeness (QED) is 0.0201. The van der Waals surface area contributed by atoms with E-state index in [1.54, 1.807) is 0 Å². The number of carbonyl (C=O) groups excluding carboxylic acids is 3. The molecule has 1 atom stereocenters. The van der Waals surface area contributed by atoms with Crippen molar-refractivity contribution < 1.29 is 28.6 Å². The third-order valence-corrected chi connectivity index (χ3v) is 10.1. The van der Waals surface area contributed by atoms with Gasteiger partial charge in [-0.05, 0) is 64.2 Å². The van der Waals surface area contributed by atoms with Crippen LogP contribution in [0.5, 0.6) is 0 Å². The van der Waals surface area contributed by atoms with Gasteiger partial charge in [0.1, 0.15) is 13.2 Å². The Bertz CT molecular complexity index is 1110. The van der Waals surface area contributed by atoms with Crippen molar-refractivity contribution in [3.63, 3.8) is 0 Å². The second kappa shape index (κ2) is 46.5. The largest absolute Gasteiger partial charge is 0.462 e. The maximum atomic E-state index is 12.7. The van der Waals surface area contributed by atoms with Gasteiger partial charge in [0, 0.05) is 19.3 Å². The fourth-order valence-electron chi connectivity index (χ4n) is 6.49. The number of unbranched alkanes of at least 4 members (excludes halogenated alkanes) is 22. The predicted octanol–water partition coefficient (Wildman–Crippen LogP) is 15.5. The van der Waals surface area contributed by atoms with E-state index in [4.69, 9.17) is 14.2 Å². The van der Waals surface area contributed by atoms with E-state index < -0.39 is 6.10 Å². The summed E-state index contributed by atoms with van der Waals surface area (Å²) in [5.41, 5.74) is 0. The minimum Gasteiger partial charge on any atom is -0.462 e. The fraction of sp³-hybridized carbons (Fsp3) is 0.712. The van der Waals surface area contributed by atoms with Gasteiger partial charge in [0.2, 0.25) is 0 Å². The first-order valence-electron chi connectivity index (χ1n) is 24.0. The number of rotatable bonds is 42. The number of esters is 3. The first-order valence-corrected chi connectivity index (χ1v) is 24.0. The maximum Gasteiger partial charge on any atom is 0.306 e. The number of carbonyl (C=O) groups is 3. The van der Waals surface area contributed by atoms with Crippen molar-refractivity contribution in [3.05, 3.63) is 72.9 Å². The molecule has 0 aromatic rings. The van der Waals surface area contributed by atoms with Crippen LogP contribution < -0.4 is 0 Å². The predicted molar refractivity (Wildman–Crippen MR) is 247 cm³/mol. The Labute approximate surface area is 357 Å². The van der Waals surface area contributed by atoms with Crippen LogP contribution in [0.25, 0.3) is 0 Å². The Morgan fingerprint density at radius 3 is 1.28 bits per heavy atom. The molecule has 0 aliphatic heterocycles. The van der Waals surface area contributed by atoms with Crippen LogP contribution in [0.2, 0.25) is 0 Å². The smallest absolute Gasteiger partial charge is 0.306 e. The molecule has 1 unspecified atom stereocenters. The molecule has 0 saturated heterocycles. The second-order valence-electron chi connectivity index (χ2n) is 15.7. The van der Waals surface area contributed by atoms with Gasteiger partial charge in [-0.1, -0.05) is 209 Å². The molecular weight excluding hydrogens is 721 g/mol. The van der Waals surface area contributed by atoms with Gasteiger partial charge < -0.3 is 14.2 Å². The monoisotopic (exact) mass is 809 g/mol. The second-order valence-corrected chi connectivity index (χ2v) is 15.7. The van der Waals surface area contributed by atoms with Crippen LogP contribution in [0.3, 0.4) is 0 Å². The Hall–Kier alpha value is -3.15. The van der Waals surface area contributed by atoms with E-state index in [9.17, 15) is 14.4 Å². The molecular formula is C52H88O6. The Kier molecular flexibility index (Phi) is 44.0. The highest BCUT2D eigenvalue weighted by molar-refractivity contribution is 5.71. The third-order valence-electron chi connectivity index (χ3n) is 10.1. The van der Waals surface area contributed by atoms with E-state index in [1.807, 2.05) is 24.3 Å². The number of hydrogen-bond acceptors (Lipinski definition) is 6. The van der Waals surface area contributed by atoms with E-state index in [2.05, 4.69) is 69.4 Å². The van der Waals surface area contributed by atoms with Crippen molar-refractivity contribution in [2.24, 2.45) is 0 Å². The van der Waals surface area contributed by atoms with Gasteiger partial charge in [0.15, 0.2) is 6.10 Å². The molecule has 0 fully saturated rings. The van der Waals surface area contributed by atoms with Gasteiger partial charge in [-0.25, -0.2) is 0 Å². The lowest BCUT2D eigenvalue weighted by Crippen LogP contribution is -2.30. The average Bonchev–Trinajstić information content (AvgIpc) is 3.22. The summed E-state index contributed by atoms with van der Waals surface area (Å²) in [5.74, 6) is -0.958. The van der Waals surface area contributed by atoms with Gasteiger partial charge in [-0.15, -0.1) is 0 Å². The van der Waals surface area contributed by atoms with E-state index in [0.717, 1.165) is 96.3 Å². The minimum absolute atomic E-state index is 0.0944. The lowest BCUT2D eigenvalue weighted by molar-refractivity contribution is -0.167. The van der Waals surface area contributed by atoms with Crippen molar-refractivity contribution in [2.75, 3.05) is 13.2 Å². The van der Waals surface area contributed by atoms with E-state index in [-0.39, 0.29) is 31.1 Å². The average molecular weight is 809 g/mol. The molecule has 6 nitrogen and oxygen atoms in total. The highest BCUT2D eigenvalue weighted by Crippen LogP contribution is 2.15. The van der Waals surface area contributed by atoms with Crippen molar-refractivity contribution in [2.45, 2.75) is 226 Å². The zero-order valence-corrected chi connectivity index (χ0v) is 37.8. The molecule has 58 heavy (non-hydrogen) atoms. The molecule has 0 heterocycles. The number of allylic oxidation sites excluding steroid dienone is 12. The lowest BCUT2D eigenvalue weighted by atomic mass is 10.0. The van der Waals surface area contributed by atoms with Crippen molar-refractivity contribution in [1.29, 1.82) is 0 Å². The minimum atomic E-state index is -0.797. The molecule has 0 radical (unpaired) electrons. The Morgan fingerprint density at radius 1 is 0.379 bits per heavy atom. The Morgan fingerprint density at radius 2 is 0.759 bits per heavy atom. The molecule has 0 saturated carbocycles. The summed E-state index contributed by atoms with van der Waals surface area (Å²) in [7, 11) is 0. The summed E-state index contributed by atoms with van der Waals surface area (Å²) in [6, 6.07) is 0. The molecule has 0 aromatic carbocycles. The van der Waals surface area contributed by atoms with Gasteiger partial charge in [-0.3, -0.25) is 14.4 Å². The normalized spacial score (nSPS) is 12.7. The molecule has 0 aliphatic rings. The molecule has 0 N–H and O–H groups in total. The van der Waals surface area contributed by atoms with E-state index in [1.165, 1.54) is 83.5 Å². The van der Waals surface area contributed by atoms with Crippen molar-refractivity contribution >= 4 is 17.9 Å². The van der Waals surface area contributed by atoms with Crippen LogP contribution >= 0.6 is 0 Å². The van der Waals surface area contributed by atoms with Crippen molar-refractivity contribution in [3.8, 4) is 0 Å². The first-order chi connectivity index (χ1) is 28.5. The maximum absolute atomic E-state index is 12.7. The summed E-state index contributed by atoms with van der Waals surface area (Å²) >= 11 is 0. The molecule has 6 heteroatoms. The highest BCUT2D eigenvalue weighted by atomic mass is 16.6. The zero-order chi connectivity index (χ0) is 42.3. The van der Waals surface area contributed by atoms with Crippen LogP contribution in [-0.2, 0) is 28.6 Å². The zero-order valence-electron chi connectivity index (χ0n) is 37.8. The molecule has 0 amide bonds. The van der Waals surface area contributed by atoms with Crippen LogP contribution in [-0.4, -0.2) is 37.2 Å². The van der Waals surface area contributed by atoms with Crippen LogP contribution in [0.1, 0.15) is 220 Å². The summed E-state index contributed by atoms with van der Waals surface area (Å²) in [4.78, 5) is 37.8. The molecule has 0 aliphatic carbocycles. The highest BCUT2D eigenvalue weighted by Gasteiger charge is 2.19. The Balaban J connectivity index is 4.39. The SMILES string of the molecule is CC\C=C/C=C\C=C/C=C\CCCCCCCC(=O)OC(COC(=O)CCCC/C=C\C/C=C\CC)COC(=O)CCCCCCCCCCCCCCCCCC. The van der Waals surface area contributed by atoms with Gasteiger partial charge in [0.05, 0.1) is 0 Å². The van der Waals surface area contributed by atoms with Gasteiger partial charge in [-0.2, -0.15) is 0 Å². The summed E-state index contributed by atoms with van der Waals surface area (Å²) in [6.45, 7) is 6.32. The van der Waals surface area contributed by atoms with E-state index >= 15 is 0 Å². The van der Waals surface area contributed by atoms with E-state index in [0.29, 0.717) is 19.3 Å². The van der Waals surface area contributed by atoms with Crippen LogP contribution in [0, 0.1) is 0 Å². The molecule has 0 bridgehead atoms. The van der Waals surface area contributed by atoms with Gasteiger partial charge >= 0.3 is 17.9 Å². The molecule has 0 rings (SSSR count). The van der Waals surface area contributed by atoms with Crippen LogP contribution in [0.15, 0.2) is 72.9 Å². The fourth-order valence-corrected chi connectivity index (χ4v) is 6.49. The standard InChI is InChI=1S/C52H88O6/c1-4-7-10-13-16-19-21-23-25-27-28-30-33-36-39-42-45-51(54)57-48-49(47-56-50(53)44-41-38-35-32-18-15-12-9-6-3)58-52(55)46-43-40-37-34-31-29-26-24-22-20-17-14-11-8-5-2/h8-9,11-12,14,17-18,20,22,24,26,32,49H,4-7,10,13,15-16,19,21,23,25,27-31,33-48H2,1-3H3/b11-8-,12-9-,17-14-,22-20-,26-24-,32-18-. The number of ether oxygens (including phenoxy) is 3. The third kappa shape index (κ3) is 44.0. The van der Waals surface area contributed by atoms with Gasteiger partial charge in [0.25, 0.3) is 0 Å². The lowest BCUT2D eigenvalue weighted by Gasteiger charge is -2.18. The molecule has 0 aromatic heterocycles. The summed E-state index contributed by atoms with van der Waals surface area (Å²) in [6.07, 6.45) is 57.5. The summed E-state index contributed by atoms with van der Waals surface area (Å²) in [5, 5.41) is 0. The topological polar surface area (TPSA) is 78.9 Å².